The van der Waals surface area contributed by atoms with Crippen molar-refractivity contribution >= 4 is 31.4 Å². The molecule has 3 heterocycles. The van der Waals surface area contributed by atoms with E-state index in [1.54, 1.807) is 6.07 Å². The van der Waals surface area contributed by atoms with Crippen molar-refractivity contribution in [2.75, 3.05) is 6.61 Å². The van der Waals surface area contributed by atoms with Gasteiger partial charge in [0, 0.05) is 12.0 Å². The molecule has 0 unspecified atom stereocenters. The first-order valence-corrected chi connectivity index (χ1v) is 9.23. The Balaban J connectivity index is 1.70. The van der Waals surface area contributed by atoms with Gasteiger partial charge in [0.15, 0.2) is 0 Å². The van der Waals surface area contributed by atoms with E-state index in [1.165, 1.54) is 11.3 Å². The summed E-state index contributed by atoms with van der Waals surface area (Å²) >= 11 is 1.17. The zero-order chi connectivity index (χ0) is 15.2. The number of ether oxygens (including phenoxy) is 1. The molecule has 0 fully saturated rings. The molecule has 2 aromatic heterocycles. The smallest absolute Gasteiger partial charge is 0.211 e. The van der Waals surface area contributed by atoms with Crippen LogP contribution in [0, 0.1) is 0 Å². The molecular weight excluding hydrogens is 324 g/mol. The van der Waals surface area contributed by atoms with Crippen molar-refractivity contribution in [3.05, 3.63) is 41.3 Å². The molecule has 0 atom stereocenters. The maximum atomic E-state index is 12.6. The van der Waals surface area contributed by atoms with Crippen LogP contribution in [0.3, 0.4) is 0 Å². The Labute approximate surface area is 130 Å². The molecule has 22 heavy (non-hydrogen) atoms. The molecule has 0 N–H and O–H groups in total. The fourth-order valence-electron chi connectivity index (χ4n) is 2.42. The van der Waals surface area contributed by atoms with Gasteiger partial charge in [-0.3, -0.25) is 0 Å². The maximum Gasteiger partial charge on any atom is 0.211 e. The highest BCUT2D eigenvalue weighted by Crippen LogP contribution is 2.29. The van der Waals surface area contributed by atoms with Crippen LogP contribution in [0.5, 0.6) is 0 Å². The third-order valence-corrected chi connectivity index (χ3v) is 6.66. The average Bonchev–Trinajstić information content (AvgIpc) is 3.12. The lowest BCUT2D eigenvalue weighted by atomic mass is 10.1. The Morgan fingerprint density at radius 2 is 2.14 bits per heavy atom. The minimum atomic E-state index is -3.55. The van der Waals surface area contributed by atoms with Crippen LogP contribution in [0.1, 0.15) is 17.0 Å². The van der Waals surface area contributed by atoms with Gasteiger partial charge in [-0.25, -0.2) is 13.4 Å². The number of rotatable bonds is 3. The van der Waals surface area contributed by atoms with E-state index in [2.05, 4.69) is 10.1 Å². The number of benzene rings is 1. The van der Waals surface area contributed by atoms with Crippen molar-refractivity contribution in [2.24, 2.45) is 0 Å². The Morgan fingerprint density at radius 1 is 1.27 bits per heavy atom. The van der Waals surface area contributed by atoms with Gasteiger partial charge in [0.2, 0.25) is 14.2 Å². The van der Waals surface area contributed by atoms with Gasteiger partial charge in [0.05, 0.1) is 23.4 Å². The minimum absolute atomic E-state index is 0.113. The van der Waals surface area contributed by atoms with Crippen LogP contribution in [0.15, 0.2) is 33.1 Å². The van der Waals surface area contributed by atoms with Crippen molar-refractivity contribution < 1.29 is 17.7 Å². The number of para-hydroxylation sites is 1. The molecule has 0 amide bonds. The third-order valence-electron chi connectivity index (χ3n) is 3.54. The number of hydrogen-bond acceptors (Lipinski definition) is 7. The van der Waals surface area contributed by atoms with Gasteiger partial charge < -0.3 is 9.26 Å². The van der Waals surface area contributed by atoms with Crippen molar-refractivity contribution in [1.29, 1.82) is 0 Å². The number of nitrogens with zero attached hydrogens (tertiary/aromatic N) is 2. The van der Waals surface area contributed by atoms with Crippen molar-refractivity contribution in [2.45, 2.75) is 23.1 Å². The molecule has 0 radical (unpaired) electrons. The van der Waals surface area contributed by atoms with Crippen LogP contribution in [0.4, 0.5) is 0 Å². The molecule has 8 heteroatoms. The Morgan fingerprint density at radius 3 is 3.00 bits per heavy atom. The highest BCUT2D eigenvalue weighted by molar-refractivity contribution is 7.92. The second-order valence-corrected chi connectivity index (χ2v) is 8.23. The molecule has 1 aromatic carbocycles. The van der Waals surface area contributed by atoms with Gasteiger partial charge in [0.25, 0.3) is 0 Å². The molecular formula is C14H12N2O4S2. The molecule has 1 aliphatic rings. The molecule has 0 bridgehead atoms. The molecule has 0 aliphatic carbocycles. The predicted molar refractivity (Wildman–Crippen MR) is 80.4 cm³/mol. The van der Waals surface area contributed by atoms with E-state index in [0.29, 0.717) is 30.8 Å². The van der Waals surface area contributed by atoms with E-state index in [9.17, 15) is 8.42 Å². The molecule has 1 aliphatic heterocycles. The second-order valence-electron chi connectivity index (χ2n) is 5.04. The molecule has 0 saturated heterocycles. The lowest BCUT2D eigenvalue weighted by Gasteiger charge is -2.10. The lowest BCUT2D eigenvalue weighted by Crippen LogP contribution is -2.11. The number of fused-ring (bicyclic) bond motifs is 2. The third kappa shape index (κ3) is 2.33. The fourth-order valence-corrected chi connectivity index (χ4v) is 5.02. The van der Waals surface area contributed by atoms with Gasteiger partial charge in [-0.1, -0.05) is 17.3 Å². The van der Waals surface area contributed by atoms with Crippen molar-refractivity contribution in [1.82, 2.24) is 10.1 Å². The summed E-state index contributed by atoms with van der Waals surface area (Å²) in [5, 5.41) is 3.91. The van der Waals surface area contributed by atoms with Crippen LogP contribution in [-0.4, -0.2) is 25.2 Å². The Kier molecular flexibility index (Phi) is 3.24. The van der Waals surface area contributed by atoms with Crippen molar-refractivity contribution in [3.63, 3.8) is 0 Å². The molecule has 3 aromatic rings. The summed E-state index contributed by atoms with van der Waals surface area (Å²) in [5.41, 5.74) is 1.88. The summed E-state index contributed by atoms with van der Waals surface area (Å²) < 4.78 is 36.7. The van der Waals surface area contributed by atoms with Gasteiger partial charge in [-0.15, -0.1) is 11.3 Å². The van der Waals surface area contributed by atoms with E-state index in [-0.39, 0.29) is 10.1 Å². The molecule has 114 valence electrons. The summed E-state index contributed by atoms with van der Waals surface area (Å²) in [7, 11) is -3.55. The van der Waals surface area contributed by atoms with Crippen molar-refractivity contribution in [3.8, 4) is 0 Å². The van der Waals surface area contributed by atoms with E-state index in [4.69, 9.17) is 9.26 Å². The standard InChI is InChI=1S/C14H12N2O4S2/c17-22(18,14-15-10-3-1-2-4-13(10)21-14)8-11-9-7-19-6-5-12(9)20-16-11/h1-4H,5-8H2. The zero-order valence-corrected chi connectivity index (χ0v) is 13.1. The molecule has 0 spiro atoms. The number of hydrogen-bond donors (Lipinski definition) is 0. The monoisotopic (exact) mass is 336 g/mol. The quantitative estimate of drug-likeness (QED) is 0.730. The normalized spacial score (nSPS) is 15.1. The highest BCUT2D eigenvalue weighted by Gasteiger charge is 2.27. The van der Waals surface area contributed by atoms with Crippen LogP contribution in [0.2, 0.25) is 0 Å². The summed E-state index contributed by atoms with van der Waals surface area (Å²) in [6.45, 7) is 0.926. The SMILES string of the molecule is O=S(=O)(Cc1noc2c1COCC2)c1nc2ccccc2s1. The van der Waals surface area contributed by atoms with E-state index >= 15 is 0 Å². The minimum Gasteiger partial charge on any atom is -0.376 e. The lowest BCUT2D eigenvalue weighted by molar-refractivity contribution is 0.102. The summed E-state index contributed by atoms with van der Waals surface area (Å²) in [4.78, 5) is 4.22. The first-order chi connectivity index (χ1) is 10.6. The summed E-state index contributed by atoms with van der Waals surface area (Å²) in [6, 6.07) is 7.36. The van der Waals surface area contributed by atoms with Gasteiger partial charge >= 0.3 is 0 Å². The highest BCUT2D eigenvalue weighted by atomic mass is 32.2. The van der Waals surface area contributed by atoms with Crippen LogP contribution in [-0.2, 0) is 33.4 Å². The Bertz CT molecular complexity index is 910. The first-order valence-electron chi connectivity index (χ1n) is 6.76. The maximum absolute atomic E-state index is 12.6. The fraction of sp³-hybridized carbons (Fsp3) is 0.286. The van der Waals surface area contributed by atoms with Gasteiger partial charge in [0.1, 0.15) is 17.2 Å². The summed E-state index contributed by atoms with van der Waals surface area (Å²) in [5.74, 6) is 0.510. The van der Waals surface area contributed by atoms with Crippen LogP contribution >= 0.6 is 11.3 Å². The van der Waals surface area contributed by atoms with E-state index < -0.39 is 9.84 Å². The predicted octanol–water partition coefficient (Wildman–Crippen LogP) is 2.33. The topological polar surface area (TPSA) is 82.3 Å². The second kappa shape index (κ2) is 5.15. The molecule has 0 saturated carbocycles. The summed E-state index contributed by atoms with van der Waals surface area (Å²) in [6.07, 6.45) is 0.628. The molecule has 6 nitrogen and oxygen atoms in total. The van der Waals surface area contributed by atoms with Gasteiger partial charge in [-0.2, -0.15) is 0 Å². The molecule has 4 rings (SSSR count). The first kappa shape index (κ1) is 13.9. The zero-order valence-electron chi connectivity index (χ0n) is 11.5. The van der Waals surface area contributed by atoms with E-state index in [0.717, 1.165) is 16.0 Å². The van der Waals surface area contributed by atoms with Gasteiger partial charge in [-0.05, 0) is 12.1 Å². The van der Waals surface area contributed by atoms with Crippen LogP contribution < -0.4 is 0 Å². The number of aromatic nitrogens is 2. The number of thiazole rings is 1. The average molecular weight is 336 g/mol. The largest absolute Gasteiger partial charge is 0.376 e. The van der Waals surface area contributed by atoms with Crippen LogP contribution in [0.25, 0.3) is 10.2 Å². The van der Waals surface area contributed by atoms with E-state index in [1.807, 2.05) is 18.2 Å². The number of sulfone groups is 1. The Hall–Kier alpha value is -1.77.